The van der Waals surface area contributed by atoms with Crippen molar-refractivity contribution in [2.24, 2.45) is 0 Å². The number of carboxylic acid groups (broad SMARTS) is 4. The van der Waals surface area contributed by atoms with Gasteiger partial charge in [0.1, 0.15) is 0 Å². The van der Waals surface area contributed by atoms with Crippen LogP contribution in [0.4, 0.5) is 0 Å². The van der Waals surface area contributed by atoms with Crippen molar-refractivity contribution in [1.29, 1.82) is 0 Å². The van der Waals surface area contributed by atoms with Crippen LogP contribution in [0, 0.1) is 0 Å². The molecule has 0 radical (unpaired) electrons. The third-order valence-corrected chi connectivity index (χ3v) is 2.14. The molecule has 0 aliphatic carbocycles. The number of aliphatic carboxylic acids is 4. The first-order chi connectivity index (χ1) is 9.20. The molecular weight excluding hydrogens is 395 g/mol. The second-order valence-electron chi connectivity index (χ2n) is 3.91. The second kappa shape index (κ2) is 11.3. The summed E-state index contributed by atoms with van der Waals surface area (Å²) in [5, 5.41) is 41.6. The Labute approximate surface area is 136 Å². The van der Waals surface area contributed by atoms with Crippen LogP contribution in [-0.4, -0.2) is 96.9 Å². The number of carboxylic acids is 4. The molecule has 21 heavy (non-hydrogen) atoms. The van der Waals surface area contributed by atoms with Crippen LogP contribution in [0.3, 0.4) is 0 Å². The number of carbonyl (C=O) groups excluding carboxylic acids is 4. The molecule has 0 saturated carbocycles. The quantitative estimate of drug-likeness (QED) is 0.300. The van der Waals surface area contributed by atoms with Gasteiger partial charge in [0.15, 0.2) is 0 Å². The molecule has 0 aromatic carbocycles. The van der Waals surface area contributed by atoms with Crippen molar-refractivity contribution in [2.45, 2.75) is 0 Å². The number of carbonyl (C=O) groups is 4. The molecule has 0 aliphatic heterocycles. The summed E-state index contributed by atoms with van der Waals surface area (Å²) in [7, 11) is 0. The van der Waals surface area contributed by atoms with Crippen molar-refractivity contribution >= 4 is 47.8 Å². The first kappa shape index (κ1) is 21.9. The molecule has 0 atom stereocenters. The molecular formula is C10H12N2O8Sn. The largest absolute Gasteiger partial charge is 4.00 e. The Kier molecular flexibility index (Phi) is 11.8. The van der Waals surface area contributed by atoms with E-state index in [1.54, 1.807) is 0 Å². The molecule has 0 rings (SSSR count). The van der Waals surface area contributed by atoms with Crippen LogP contribution in [0.1, 0.15) is 0 Å². The molecule has 0 fully saturated rings. The monoisotopic (exact) mass is 408 g/mol. The fourth-order valence-corrected chi connectivity index (χ4v) is 1.44. The van der Waals surface area contributed by atoms with Gasteiger partial charge in [-0.2, -0.15) is 0 Å². The van der Waals surface area contributed by atoms with Gasteiger partial charge in [-0.05, 0) is 0 Å². The van der Waals surface area contributed by atoms with E-state index in [0.29, 0.717) is 0 Å². The van der Waals surface area contributed by atoms with Gasteiger partial charge in [0.25, 0.3) is 0 Å². The van der Waals surface area contributed by atoms with Crippen LogP contribution in [0.25, 0.3) is 0 Å². The maximum atomic E-state index is 10.4. The van der Waals surface area contributed by atoms with E-state index in [1.807, 2.05) is 0 Å². The number of hydrogen-bond acceptors (Lipinski definition) is 10. The zero-order valence-electron chi connectivity index (χ0n) is 10.9. The van der Waals surface area contributed by atoms with Gasteiger partial charge in [-0.15, -0.1) is 0 Å². The fourth-order valence-electron chi connectivity index (χ4n) is 1.44. The van der Waals surface area contributed by atoms with Gasteiger partial charge in [0.05, 0.1) is 23.9 Å². The average molecular weight is 407 g/mol. The standard InChI is InChI=1S/C10H16N2O8.Sn/c13-7(14)3-11(4-8(15)16)1-2-12(5-9(17)18)6-10(19)20;/h1-6H2,(H,13,14)(H,15,16)(H,17,18)(H,19,20);/q;+4/p-4. The normalized spacial score (nSPS) is 10.2. The predicted octanol–water partition coefficient (Wildman–Crippen LogP) is -7.79. The minimum absolute atomic E-state index is 0. The first-order valence-electron chi connectivity index (χ1n) is 5.44. The summed E-state index contributed by atoms with van der Waals surface area (Å²) in [6.45, 7) is -3.25. The molecule has 0 aliphatic rings. The molecule has 0 amide bonds. The van der Waals surface area contributed by atoms with Gasteiger partial charge in [-0.1, -0.05) is 0 Å². The van der Waals surface area contributed by atoms with E-state index in [9.17, 15) is 39.6 Å². The van der Waals surface area contributed by atoms with Crippen LogP contribution in [-0.2, 0) is 19.2 Å². The SMILES string of the molecule is O=C([O-])CN(CCN(CC(=O)[O-])CC(=O)[O-])CC(=O)[O-].[Sn+4]. The van der Waals surface area contributed by atoms with E-state index in [2.05, 4.69) is 0 Å². The maximum absolute atomic E-state index is 10.4. The van der Waals surface area contributed by atoms with E-state index in [-0.39, 0.29) is 37.0 Å². The Balaban J connectivity index is 0. The van der Waals surface area contributed by atoms with Crippen LogP contribution in [0.2, 0.25) is 0 Å². The molecule has 0 bridgehead atoms. The Morgan fingerprint density at radius 3 is 0.905 bits per heavy atom. The van der Waals surface area contributed by atoms with Gasteiger partial charge >= 0.3 is 23.9 Å². The summed E-state index contributed by atoms with van der Waals surface area (Å²) in [6.07, 6.45) is 0. The van der Waals surface area contributed by atoms with E-state index < -0.39 is 50.1 Å². The molecule has 0 spiro atoms. The third kappa shape index (κ3) is 13.3. The zero-order chi connectivity index (χ0) is 15.7. The number of hydrogen-bond donors (Lipinski definition) is 0. The molecule has 0 unspecified atom stereocenters. The summed E-state index contributed by atoms with van der Waals surface area (Å²) < 4.78 is 0. The Bertz CT molecular complexity index is 321. The van der Waals surface area contributed by atoms with Crippen LogP contribution >= 0.6 is 0 Å². The summed E-state index contributed by atoms with van der Waals surface area (Å²) in [4.78, 5) is 43.4. The van der Waals surface area contributed by atoms with Gasteiger partial charge < -0.3 is 39.6 Å². The smallest absolute Gasteiger partial charge is 0.549 e. The van der Waals surface area contributed by atoms with Crippen molar-refractivity contribution in [3.8, 4) is 0 Å². The Morgan fingerprint density at radius 2 is 0.762 bits per heavy atom. The van der Waals surface area contributed by atoms with Crippen molar-refractivity contribution in [1.82, 2.24) is 9.80 Å². The van der Waals surface area contributed by atoms with Gasteiger partial charge in [-0.25, -0.2) is 0 Å². The molecule has 0 aromatic heterocycles. The van der Waals surface area contributed by atoms with E-state index in [0.717, 1.165) is 9.80 Å². The maximum Gasteiger partial charge on any atom is 4.00 e. The van der Waals surface area contributed by atoms with E-state index >= 15 is 0 Å². The van der Waals surface area contributed by atoms with Crippen molar-refractivity contribution in [2.75, 3.05) is 39.3 Å². The summed E-state index contributed by atoms with van der Waals surface area (Å²) in [5.74, 6) is -6.12. The summed E-state index contributed by atoms with van der Waals surface area (Å²) >= 11 is 0. The molecule has 10 nitrogen and oxygen atoms in total. The van der Waals surface area contributed by atoms with Crippen molar-refractivity contribution in [3.05, 3.63) is 0 Å². The summed E-state index contributed by atoms with van der Waals surface area (Å²) in [5.41, 5.74) is 0. The molecule has 11 heteroatoms. The van der Waals surface area contributed by atoms with Crippen LogP contribution < -0.4 is 20.4 Å². The molecule has 0 N–H and O–H groups in total. The summed E-state index contributed by atoms with van der Waals surface area (Å²) in [6, 6.07) is 0. The van der Waals surface area contributed by atoms with Gasteiger partial charge in [0, 0.05) is 39.3 Å². The van der Waals surface area contributed by atoms with Crippen molar-refractivity contribution in [3.63, 3.8) is 0 Å². The van der Waals surface area contributed by atoms with E-state index in [1.165, 1.54) is 0 Å². The minimum Gasteiger partial charge on any atom is -0.549 e. The van der Waals surface area contributed by atoms with Crippen LogP contribution in [0.15, 0.2) is 0 Å². The predicted molar refractivity (Wildman–Crippen MR) is 58.7 cm³/mol. The molecule has 0 aromatic rings. The van der Waals surface area contributed by atoms with Gasteiger partial charge in [-0.3, -0.25) is 9.80 Å². The number of nitrogens with zero attached hydrogens (tertiary/aromatic N) is 2. The van der Waals surface area contributed by atoms with E-state index in [4.69, 9.17) is 0 Å². The van der Waals surface area contributed by atoms with Gasteiger partial charge in [0.2, 0.25) is 0 Å². The topological polar surface area (TPSA) is 167 Å². The third-order valence-electron chi connectivity index (χ3n) is 2.14. The molecule has 0 heterocycles. The Hall–Kier alpha value is -1.40. The average Bonchev–Trinajstić information content (AvgIpc) is 2.22. The molecule has 114 valence electrons. The first-order valence-corrected chi connectivity index (χ1v) is 5.44. The van der Waals surface area contributed by atoms with Crippen molar-refractivity contribution < 1.29 is 39.6 Å². The molecule has 0 saturated heterocycles. The van der Waals surface area contributed by atoms with Crippen LogP contribution in [0.5, 0.6) is 0 Å². The number of rotatable bonds is 11. The fraction of sp³-hybridized carbons (Fsp3) is 0.600. The zero-order valence-corrected chi connectivity index (χ0v) is 13.8. The minimum atomic E-state index is -1.53. The Morgan fingerprint density at radius 1 is 0.571 bits per heavy atom. The second-order valence-corrected chi connectivity index (χ2v) is 3.91.